The van der Waals surface area contributed by atoms with Gasteiger partial charge >= 0.3 is 0 Å². The van der Waals surface area contributed by atoms with Crippen molar-refractivity contribution < 1.29 is 5.11 Å². The number of aryl methyl sites for hydroxylation is 1. The van der Waals surface area contributed by atoms with E-state index in [1.807, 2.05) is 12.1 Å². The smallest absolute Gasteiger partial charge is 0.115 e. The number of unbranched alkanes of at least 4 members (excludes halogenated alkanes) is 6. The normalized spacial score (nSPS) is 13.7. The van der Waals surface area contributed by atoms with Crippen molar-refractivity contribution in [2.45, 2.75) is 104 Å². The highest BCUT2D eigenvalue weighted by molar-refractivity contribution is 5.27. The maximum Gasteiger partial charge on any atom is 0.115 e. The van der Waals surface area contributed by atoms with Gasteiger partial charge in [0.25, 0.3) is 0 Å². The number of hydrogen-bond donors (Lipinski definition) is 1. The third-order valence-corrected chi connectivity index (χ3v) is 5.66. The molecule has 0 fully saturated rings. The maximum atomic E-state index is 9.46. The molecule has 0 bridgehead atoms. The number of aromatic hydroxyl groups is 1. The van der Waals surface area contributed by atoms with E-state index in [1.165, 1.54) is 82.6 Å². The van der Waals surface area contributed by atoms with E-state index < -0.39 is 0 Å². The Morgan fingerprint density at radius 2 is 1.32 bits per heavy atom. The molecule has 0 saturated heterocycles. The molecule has 0 unspecified atom stereocenters. The van der Waals surface area contributed by atoms with Crippen molar-refractivity contribution in [1.82, 2.24) is 0 Å². The molecule has 0 aliphatic rings. The van der Waals surface area contributed by atoms with Gasteiger partial charge in [0, 0.05) is 0 Å². The minimum atomic E-state index is 0.395. The van der Waals surface area contributed by atoms with E-state index in [4.69, 9.17) is 0 Å². The molecule has 0 aliphatic heterocycles. The maximum absolute atomic E-state index is 9.46. The van der Waals surface area contributed by atoms with E-state index in [2.05, 4.69) is 26.8 Å². The quantitative estimate of drug-likeness (QED) is 0.320. The van der Waals surface area contributed by atoms with E-state index in [1.54, 1.807) is 6.07 Å². The Kier molecular flexibility index (Phi) is 12.5. The third-order valence-electron chi connectivity index (χ3n) is 5.66. The number of phenols is 1. The molecule has 0 spiro atoms. The fourth-order valence-electron chi connectivity index (χ4n) is 3.58. The van der Waals surface area contributed by atoms with Gasteiger partial charge in [-0.05, 0) is 42.4 Å². The highest BCUT2D eigenvalue weighted by atomic mass is 16.3. The average Bonchev–Trinajstić information content (AvgIpc) is 2.60. The van der Waals surface area contributed by atoms with Gasteiger partial charge in [0.1, 0.15) is 5.75 Å². The lowest BCUT2D eigenvalue weighted by atomic mass is 9.94. The lowest BCUT2D eigenvalue weighted by molar-refractivity contribution is 0.419. The molecule has 0 radical (unpaired) electrons. The fraction of sp³-hybridized carbons (Fsp3) is 0.750. The SMILES string of the molecule is CC[C@@H](C)CCCCC[C@H](C)CCCCCCCc1cccc(O)c1. The van der Waals surface area contributed by atoms with Crippen LogP contribution in [0.5, 0.6) is 5.75 Å². The van der Waals surface area contributed by atoms with Crippen molar-refractivity contribution >= 4 is 0 Å². The second kappa shape index (κ2) is 14.2. The second-order valence-electron chi connectivity index (χ2n) is 8.23. The van der Waals surface area contributed by atoms with Gasteiger partial charge in [-0.3, -0.25) is 0 Å². The van der Waals surface area contributed by atoms with Crippen molar-refractivity contribution in [1.29, 1.82) is 0 Å². The first-order valence-corrected chi connectivity index (χ1v) is 10.9. The fourth-order valence-corrected chi connectivity index (χ4v) is 3.58. The zero-order valence-electron chi connectivity index (χ0n) is 17.1. The van der Waals surface area contributed by atoms with Crippen molar-refractivity contribution in [2.24, 2.45) is 11.8 Å². The van der Waals surface area contributed by atoms with Gasteiger partial charge in [-0.2, -0.15) is 0 Å². The van der Waals surface area contributed by atoms with Crippen LogP contribution in [0.2, 0.25) is 0 Å². The molecule has 144 valence electrons. The first-order valence-electron chi connectivity index (χ1n) is 10.9. The molecule has 1 nitrogen and oxygen atoms in total. The largest absolute Gasteiger partial charge is 0.508 e. The zero-order chi connectivity index (χ0) is 18.3. The van der Waals surface area contributed by atoms with Gasteiger partial charge in [-0.25, -0.2) is 0 Å². The van der Waals surface area contributed by atoms with Crippen molar-refractivity contribution in [3.8, 4) is 5.75 Å². The molecule has 25 heavy (non-hydrogen) atoms. The Hall–Kier alpha value is -0.980. The van der Waals surface area contributed by atoms with E-state index in [0.29, 0.717) is 5.75 Å². The van der Waals surface area contributed by atoms with Gasteiger partial charge in [-0.15, -0.1) is 0 Å². The Morgan fingerprint density at radius 3 is 1.96 bits per heavy atom. The van der Waals surface area contributed by atoms with E-state index >= 15 is 0 Å². The predicted molar refractivity (Wildman–Crippen MR) is 111 cm³/mol. The summed E-state index contributed by atoms with van der Waals surface area (Å²) in [5.41, 5.74) is 1.27. The van der Waals surface area contributed by atoms with E-state index in [9.17, 15) is 5.11 Å². The molecule has 1 aromatic rings. The lowest BCUT2D eigenvalue weighted by Gasteiger charge is -2.12. The van der Waals surface area contributed by atoms with Gasteiger partial charge < -0.3 is 5.11 Å². The van der Waals surface area contributed by atoms with Gasteiger partial charge in [0.05, 0.1) is 0 Å². The summed E-state index contributed by atoms with van der Waals surface area (Å²) in [6.07, 6.45) is 17.7. The summed E-state index contributed by atoms with van der Waals surface area (Å²) in [7, 11) is 0. The minimum Gasteiger partial charge on any atom is -0.508 e. The number of hydrogen-bond acceptors (Lipinski definition) is 1. The monoisotopic (exact) mass is 346 g/mol. The molecule has 0 amide bonds. The van der Waals surface area contributed by atoms with Crippen molar-refractivity contribution in [2.75, 3.05) is 0 Å². The molecular weight excluding hydrogens is 304 g/mol. The summed E-state index contributed by atoms with van der Waals surface area (Å²) >= 11 is 0. The summed E-state index contributed by atoms with van der Waals surface area (Å²) in [4.78, 5) is 0. The van der Waals surface area contributed by atoms with Crippen molar-refractivity contribution in [3.63, 3.8) is 0 Å². The highest BCUT2D eigenvalue weighted by Crippen LogP contribution is 2.20. The molecule has 0 aromatic heterocycles. The Morgan fingerprint density at radius 1 is 0.760 bits per heavy atom. The first kappa shape index (κ1) is 22.1. The standard InChI is InChI=1S/C24H42O/c1-4-21(2)14-10-8-11-16-22(3)15-9-6-5-7-12-17-23-18-13-19-24(25)20-23/h13,18-22,25H,4-12,14-17H2,1-3H3/t21-,22-/m1/s1. The summed E-state index contributed by atoms with van der Waals surface area (Å²) in [6, 6.07) is 7.70. The van der Waals surface area contributed by atoms with Crippen LogP contribution in [0.25, 0.3) is 0 Å². The van der Waals surface area contributed by atoms with Crippen LogP contribution in [-0.2, 0) is 6.42 Å². The predicted octanol–water partition coefficient (Wildman–Crippen LogP) is 7.91. The summed E-state index contributed by atoms with van der Waals surface area (Å²) in [6.45, 7) is 7.13. The molecule has 1 aromatic carbocycles. The molecule has 1 N–H and O–H groups in total. The molecule has 0 aliphatic carbocycles. The van der Waals surface area contributed by atoms with Crippen LogP contribution in [0.4, 0.5) is 0 Å². The first-order chi connectivity index (χ1) is 12.1. The minimum absolute atomic E-state index is 0.395. The Balaban J connectivity index is 1.88. The van der Waals surface area contributed by atoms with Crippen LogP contribution in [-0.4, -0.2) is 5.11 Å². The molecular formula is C24H42O. The van der Waals surface area contributed by atoms with Gasteiger partial charge in [0.15, 0.2) is 0 Å². The van der Waals surface area contributed by atoms with Crippen LogP contribution in [0, 0.1) is 11.8 Å². The van der Waals surface area contributed by atoms with Crippen LogP contribution in [0.1, 0.15) is 103 Å². The van der Waals surface area contributed by atoms with E-state index in [0.717, 1.165) is 18.3 Å². The second-order valence-corrected chi connectivity index (χ2v) is 8.23. The van der Waals surface area contributed by atoms with Crippen LogP contribution in [0.3, 0.4) is 0 Å². The summed E-state index contributed by atoms with van der Waals surface area (Å²) in [5, 5.41) is 9.46. The van der Waals surface area contributed by atoms with Crippen LogP contribution >= 0.6 is 0 Å². The van der Waals surface area contributed by atoms with Crippen LogP contribution in [0.15, 0.2) is 24.3 Å². The summed E-state index contributed by atoms with van der Waals surface area (Å²) < 4.78 is 0. The lowest BCUT2D eigenvalue weighted by Crippen LogP contribution is -1.96. The van der Waals surface area contributed by atoms with Crippen LogP contribution < -0.4 is 0 Å². The average molecular weight is 347 g/mol. The third kappa shape index (κ3) is 12.1. The number of phenolic OH excluding ortho intramolecular Hbond substituents is 1. The topological polar surface area (TPSA) is 20.2 Å². The van der Waals surface area contributed by atoms with Crippen molar-refractivity contribution in [3.05, 3.63) is 29.8 Å². The molecule has 0 heterocycles. The molecule has 2 atom stereocenters. The Labute approximate surface area is 157 Å². The van der Waals surface area contributed by atoms with Gasteiger partial charge in [-0.1, -0.05) is 104 Å². The Bertz CT molecular complexity index is 426. The zero-order valence-corrected chi connectivity index (χ0v) is 17.1. The summed E-state index contributed by atoms with van der Waals surface area (Å²) in [5.74, 6) is 2.23. The molecule has 1 rings (SSSR count). The number of benzene rings is 1. The molecule has 1 heteroatoms. The van der Waals surface area contributed by atoms with E-state index in [-0.39, 0.29) is 0 Å². The van der Waals surface area contributed by atoms with Gasteiger partial charge in [0.2, 0.25) is 0 Å². The highest BCUT2D eigenvalue weighted by Gasteiger charge is 2.03. The number of rotatable bonds is 15. The molecule has 0 saturated carbocycles.